The molecule has 2 aliphatic rings. The van der Waals surface area contributed by atoms with Gasteiger partial charge in [-0.2, -0.15) is 17.0 Å². The van der Waals surface area contributed by atoms with E-state index in [1.54, 1.807) is 22.7 Å². The first kappa shape index (κ1) is 16.2. The van der Waals surface area contributed by atoms with Gasteiger partial charge in [0.05, 0.1) is 0 Å². The summed E-state index contributed by atoms with van der Waals surface area (Å²) in [6.45, 7) is 0.581. The Morgan fingerprint density at radius 1 is 0.950 bits per heavy atom. The Balaban J connectivity index is 2.08. The van der Waals surface area contributed by atoms with Crippen LogP contribution in [0.4, 0.5) is 0 Å². The van der Waals surface area contributed by atoms with Crippen LogP contribution in [0, 0.1) is 5.92 Å². The molecule has 0 heterocycles. The first-order valence-electron chi connectivity index (χ1n) is 7.89. The van der Waals surface area contributed by atoms with Crippen LogP contribution < -0.4 is 5.73 Å². The number of hydrogen-bond donors (Lipinski definition) is 1. The van der Waals surface area contributed by atoms with E-state index in [0.29, 0.717) is 12.5 Å². The van der Waals surface area contributed by atoms with Crippen molar-refractivity contribution in [3.05, 3.63) is 0 Å². The largest absolute Gasteiger partial charge is 0.330 e. The van der Waals surface area contributed by atoms with Crippen molar-refractivity contribution in [2.24, 2.45) is 11.7 Å². The predicted molar refractivity (Wildman–Crippen MR) is 81.5 cm³/mol. The molecule has 118 valence electrons. The highest BCUT2D eigenvalue weighted by atomic mass is 32.2. The number of nitrogens with two attached hydrogens (primary N) is 1. The monoisotopic (exact) mass is 303 g/mol. The van der Waals surface area contributed by atoms with E-state index in [0.717, 1.165) is 44.9 Å². The summed E-state index contributed by atoms with van der Waals surface area (Å²) in [6, 6.07) is 0.255. The second-order valence-electron chi connectivity index (χ2n) is 6.33. The van der Waals surface area contributed by atoms with Gasteiger partial charge in [0.2, 0.25) is 0 Å². The quantitative estimate of drug-likeness (QED) is 0.838. The second-order valence-corrected chi connectivity index (χ2v) is 8.37. The summed E-state index contributed by atoms with van der Waals surface area (Å²) < 4.78 is 28.8. The Morgan fingerprint density at radius 3 is 2.20 bits per heavy atom. The third-order valence-corrected chi connectivity index (χ3v) is 7.23. The number of hydrogen-bond acceptors (Lipinski definition) is 3. The summed E-state index contributed by atoms with van der Waals surface area (Å²) in [7, 11) is 0.120. The van der Waals surface area contributed by atoms with Crippen molar-refractivity contribution in [1.29, 1.82) is 0 Å². The molecule has 2 aliphatic carbocycles. The van der Waals surface area contributed by atoms with Gasteiger partial charge >= 0.3 is 0 Å². The van der Waals surface area contributed by atoms with Crippen LogP contribution >= 0.6 is 0 Å². The maximum Gasteiger partial charge on any atom is 0.281 e. The van der Waals surface area contributed by atoms with Crippen molar-refractivity contribution in [2.45, 2.75) is 63.5 Å². The standard InChI is InChI=1S/C14H29N3O2S/c1-16(13-8-4-3-5-9-13)20(18,19)17(2)14-10-6-7-12(14)11-15/h12-14H,3-11,15H2,1-2H3. The predicted octanol–water partition coefficient (Wildman–Crippen LogP) is 1.55. The molecule has 0 radical (unpaired) electrons. The van der Waals surface area contributed by atoms with Gasteiger partial charge in [0.25, 0.3) is 10.2 Å². The summed E-state index contributed by atoms with van der Waals surface area (Å²) in [6.07, 6.45) is 8.58. The number of rotatable bonds is 5. The zero-order chi connectivity index (χ0) is 14.8. The molecule has 0 spiro atoms. The molecule has 2 rings (SSSR count). The lowest BCUT2D eigenvalue weighted by molar-refractivity contribution is 0.241. The summed E-state index contributed by atoms with van der Waals surface area (Å²) in [5.41, 5.74) is 5.79. The minimum Gasteiger partial charge on any atom is -0.330 e. The molecule has 6 heteroatoms. The van der Waals surface area contributed by atoms with Crippen molar-refractivity contribution in [1.82, 2.24) is 8.61 Å². The zero-order valence-electron chi connectivity index (χ0n) is 12.8. The smallest absolute Gasteiger partial charge is 0.281 e. The van der Waals surface area contributed by atoms with Gasteiger partial charge < -0.3 is 5.73 Å². The third kappa shape index (κ3) is 3.18. The molecule has 0 saturated heterocycles. The zero-order valence-corrected chi connectivity index (χ0v) is 13.6. The van der Waals surface area contributed by atoms with Crippen molar-refractivity contribution < 1.29 is 8.42 Å². The van der Waals surface area contributed by atoms with Gasteiger partial charge in [-0.05, 0) is 38.1 Å². The lowest BCUT2D eigenvalue weighted by atomic mass is 9.96. The van der Waals surface area contributed by atoms with Crippen molar-refractivity contribution in [3.8, 4) is 0 Å². The fourth-order valence-corrected chi connectivity index (χ4v) is 5.39. The molecule has 20 heavy (non-hydrogen) atoms. The average Bonchev–Trinajstić information content (AvgIpc) is 2.94. The van der Waals surface area contributed by atoms with E-state index < -0.39 is 10.2 Å². The minimum absolute atomic E-state index is 0.0797. The molecule has 0 aromatic heterocycles. The lowest BCUT2D eigenvalue weighted by Crippen LogP contribution is -2.50. The van der Waals surface area contributed by atoms with Gasteiger partial charge in [0, 0.05) is 26.2 Å². The maximum absolute atomic E-state index is 12.8. The Kier molecular flexibility index (Phi) is 5.45. The normalized spacial score (nSPS) is 29.4. The van der Waals surface area contributed by atoms with E-state index in [-0.39, 0.29) is 12.1 Å². The molecular weight excluding hydrogens is 274 g/mol. The summed E-state index contributed by atoms with van der Waals surface area (Å²) >= 11 is 0. The fraction of sp³-hybridized carbons (Fsp3) is 1.00. The molecule has 2 N–H and O–H groups in total. The van der Waals surface area contributed by atoms with E-state index >= 15 is 0 Å². The van der Waals surface area contributed by atoms with Gasteiger partial charge in [-0.1, -0.05) is 25.7 Å². The summed E-state index contributed by atoms with van der Waals surface area (Å²) in [5, 5.41) is 0. The average molecular weight is 303 g/mol. The van der Waals surface area contributed by atoms with E-state index in [1.807, 2.05) is 0 Å². The Bertz CT molecular complexity index is 407. The van der Waals surface area contributed by atoms with Gasteiger partial charge in [-0.15, -0.1) is 0 Å². The van der Waals surface area contributed by atoms with E-state index in [9.17, 15) is 8.42 Å². The van der Waals surface area contributed by atoms with Gasteiger partial charge in [-0.3, -0.25) is 0 Å². The van der Waals surface area contributed by atoms with Gasteiger partial charge in [-0.25, -0.2) is 0 Å². The molecular formula is C14H29N3O2S. The molecule has 5 nitrogen and oxygen atoms in total. The van der Waals surface area contributed by atoms with E-state index in [1.165, 1.54) is 6.42 Å². The van der Waals surface area contributed by atoms with E-state index in [4.69, 9.17) is 5.73 Å². The van der Waals surface area contributed by atoms with Crippen LogP contribution in [-0.2, 0) is 10.2 Å². The van der Waals surface area contributed by atoms with Crippen LogP contribution in [0.2, 0.25) is 0 Å². The molecule has 0 aromatic rings. The Morgan fingerprint density at radius 2 is 1.60 bits per heavy atom. The summed E-state index contributed by atoms with van der Waals surface area (Å²) in [5.74, 6) is 0.314. The van der Waals surface area contributed by atoms with Crippen LogP contribution in [0.25, 0.3) is 0 Å². The Labute approximate surface area is 123 Å². The first-order chi connectivity index (χ1) is 9.48. The number of nitrogens with zero attached hydrogens (tertiary/aromatic N) is 2. The highest BCUT2D eigenvalue weighted by molar-refractivity contribution is 7.86. The minimum atomic E-state index is -3.35. The van der Waals surface area contributed by atoms with Gasteiger partial charge in [0.15, 0.2) is 0 Å². The Hall–Kier alpha value is -0.170. The van der Waals surface area contributed by atoms with Crippen molar-refractivity contribution in [2.75, 3.05) is 20.6 Å². The van der Waals surface area contributed by atoms with Crippen LogP contribution in [0.5, 0.6) is 0 Å². The second kappa shape index (κ2) is 6.73. The summed E-state index contributed by atoms with van der Waals surface area (Å²) in [4.78, 5) is 0. The molecule has 2 unspecified atom stereocenters. The lowest BCUT2D eigenvalue weighted by Gasteiger charge is -2.36. The molecule has 0 aromatic carbocycles. The first-order valence-corrected chi connectivity index (χ1v) is 9.29. The molecule has 2 fully saturated rings. The molecule has 0 bridgehead atoms. The molecule has 2 atom stereocenters. The van der Waals surface area contributed by atoms with E-state index in [2.05, 4.69) is 0 Å². The van der Waals surface area contributed by atoms with Crippen LogP contribution in [0.1, 0.15) is 51.4 Å². The van der Waals surface area contributed by atoms with Crippen molar-refractivity contribution >= 4 is 10.2 Å². The van der Waals surface area contributed by atoms with Crippen LogP contribution in [-0.4, -0.2) is 49.8 Å². The fourth-order valence-electron chi connectivity index (χ4n) is 3.78. The van der Waals surface area contributed by atoms with Crippen LogP contribution in [0.15, 0.2) is 0 Å². The van der Waals surface area contributed by atoms with Crippen LogP contribution in [0.3, 0.4) is 0 Å². The highest BCUT2D eigenvalue weighted by Crippen LogP contribution is 2.32. The SMILES string of the molecule is CN(C1CCCCC1)S(=O)(=O)N(C)C1CCCC1CN. The van der Waals surface area contributed by atoms with Gasteiger partial charge in [0.1, 0.15) is 0 Å². The highest BCUT2D eigenvalue weighted by Gasteiger charge is 2.38. The third-order valence-electron chi connectivity index (χ3n) is 5.21. The molecule has 0 aliphatic heterocycles. The molecule has 0 amide bonds. The van der Waals surface area contributed by atoms with Crippen molar-refractivity contribution in [3.63, 3.8) is 0 Å². The maximum atomic E-state index is 12.8. The topological polar surface area (TPSA) is 66.6 Å². The molecule has 2 saturated carbocycles.